The lowest BCUT2D eigenvalue weighted by atomic mass is 10.1. The zero-order valence-electron chi connectivity index (χ0n) is 31.6. The molecule has 0 aliphatic rings. The fraction of sp³-hybridized carbons (Fsp3) is 0.778. The fourth-order valence-corrected chi connectivity index (χ4v) is 5.77. The van der Waals surface area contributed by atoms with Gasteiger partial charge in [0.05, 0.1) is 0 Å². The molecule has 2 atom stereocenters. The van der Waals surface area contributed by atoms with Gasteiger partial charge in [0.25, 0.3) is 0 Å². The van der Waals surface area contributed by atoms with E-state index in [1.807, 2.05) is 0 Å². The maximum Gasteiger partial charge on any atom is 0.326 e. The summed E-state index contributed by atoms with van der Waals surface area (Å²) in [5.41, 5.74) is 0. The van der Waals surface area contributed by atoms with Gasteiger partial charge < -0.3 is 40.0 Å². The summed E-state index contributed by atoms with van der Waals surface area (Å²) in [7, 11) is 2.68. The first-order valence-electron chi connectivity index (χ1n) is 18.5. The summed E-state index contributed by atoms with van der Waals surface area (Å²) in [6.07, 6.45) is 10.1. The lowest BCUT2D eigenvalue weighted by molar-refractivity contribution is -0.151. The minimum atomic E-state index is -1.40. The number of aliphatic carboxylic acids is 4. The van der Waals surface area contributed by atoms with Crippen molar-refractivity contribution in [2.45, 2.75) is 142 Å². The van der Waals surface area contributed by atoms with Gasteiger partial charge in [0.2, 0.25) is 23.6 Å². The Morgan fingerprint density at radius 1 is 0.442 bits per heavy atom. The first-order chi connectivity index (χ1) is 24.6. The van der Waals surface area contributed by atoms with Crippen LogP contribution in [0.5, 0.6) is 0 Å². The average Bonchev–Trinajstić information content (AvgIpc) is 3.07. The minimum Gasteiger partial charge on any atom is -0.480 e. The second kappa shape index (κ2) is 27.4. The molecule has 0 aromatic heterocycles. The summed E-state index contributed by atoms with van der Waals surface area (Å²) in [5.74, 6) is -7.78. The van der Waals surface area contributed by atoms with E-state index >= 15 is 0 Å². The van der Waals surface area contributed by atoms with Gasteiger partial charge in [0, 0.05) is 52.9 Å². The molecule has 0 bridgehead atoms. The molecule has 0 radical (unpaired) electrons. The Morgan fingerprint density at radius 2 is 0.750 bits per heavy atom. The molecule has 0 aliphatic heterocycles. The number of rotatable bonds is 31. The number of likely N-dealkylation sites (N-methyl/N-ethyl adjacent to an activating group) is 2. The lowest BCUT2D eigenvalue weighted by Crippen LogP contribution is -2.46. The normalized spacial score (nSPS) is 12.0. The zero-order valence-corrected chi connectivity index (χ0v) is 31.6. The van der Waals surface area contributed by atoms with Gasteiger partial charge in [-0.15, -0.1) is 0 Å². The van der Waals surface area contributed by atoms with Gasteiger partial charge in [-0.25, -0.2) is 9.59 Å². The largest absolute Gasteiger partial charge is 0.480 e. The predicted molar refractivity (Wildman–Crippen MR) is 191 cm³/mol. The van der Waals surface area contributed by atoms with Crippen LogP contribution in [-0.4, -0.2) is 140 Å². The molecule has 298 valence electrons. The van der Waals surface area contributed by atoms with Crippen molar-refractivity contribution < 1.29 is 58.8 Å². The monoisotopic (exact) mass is 742 g/mol. The van der Waals surface area contributed by atoms with Crippen molar-refractivity contribution in [3.05, 3.63) is 0 Å². The van der Waals surface area contributed by atoms with Crippen molar-refractivity contribution >= 4 is 47.5 Å². The van der Waals surface area contributed by atoms with Crippen LogP contribution >= 0.6 is 0 Å². The summed E-state index contributed by atoms with van der Waals surface area (Å²) in [4.78, 5) is 103. The highest BCUT2D eigenvalue weighted by atomic mass is 16.4. The van der Waals surface area contributed by atoms with Gasteiger partial charge in [-0.2, -0.15) is 0 Å². The van der Waals surface area contributed by atoms with Crippen molar-refractivity contribution in [3.63, 3.8) is 0 Å². The second-order valence-electron chi connectivity index (χ2n) is 13.2. The van der Waals surface area contributed by atoms with Gasteiger partial charge in [-0.05, 0) is 25.7 Å². The maximum atomic E-state index is 13.1. The quantitative estimate of drug-likeness (QED) is 0.0746. The van der Waals surface area contributed by atoms with E-state index < -0.39 is 86.8 Å². The first kappa shape index (κ1) is 47.8. The molecule has 16 nitrogen and oxygen atoms in total. The molecular formula is C36H62N4O12. The van der Waals surface area contributed by atoms with E-state index in [1.165, 1.54) is 14.1 Å². The van der Waals surface area contributed by atoms with Crippen molar-refractivity contribution in [2.24, 2.45) is 0 Å². The van der Waals surface area contributed by atoms with Crippen molar-refractivity contribution in [3.8, 4) is 0 Å². The minimum absolute atomic E-state index is 0.151. The van der Waals surface area contributed by atoms with E-state index in [4.69, 9.17) is 0 Å². The molecule has 52 heavy (non-hydrogen) atoms. The molecule has 0 heterocycles. The number of carbonyl (C=O) groups is 8. The van der Waals surface area contributed by atoms with Crippen LogP contribution in [0.25, 0.3) is 0 Å². The highest BCUT2D eigenvalue weighted by molar-refractivity contribution is 5.86. The third-order valence-electron chi connectivity index (χ3n) is 9.04. The molecule has 4 N–H and O–H groups in total. The van der Waals surface area contributed by atoms with Crippen LogP contribution in [0.15, 0.2) is 0 Å². The topological polar surface area (TPSA) is 230 Å². The van der Waals surface area contributed by atoms with Gasteiger partial charge in [-0.3, -0.25) is 28.8 Å². The van der Waals surface area contributed by atoms with E-state index in [9.17, 15) is 58.8 Å². The molecule has 0 fully saturated rings. The summed E-state index contributed by atoms with van der Waals surface area (Å²) >= 11 is 0. The van der Waals surface area contributed by atoms with Crippen LogP contribution in [0.2, 0.25) is 0 Å². The molecule has 16 heteroatoms. The van der Waals surface area contributed by atoms with Crippen molar-refractivity contribution in [1.82, 2.24) is 19.6 Å². The molecule has 0 spiro atoms. The number of nitrogens with zero attached hydrogens (tertiary/aromatic N) is 4. The number of carboxylic acid groups (broad SMARTS) is 4. The predicted octanol–water partition coefficient (Wildman–Crippen LogP) is 3.70. The Kier molecular flexibility index (Phi) is 25.2. The molecule has 2 unspecified atom stereocenters. The SMILES string of the molecule is CCCCCCCCC(=O)N(C)C(CCC(=O)N(CCN(CC(=O)O)C(=O)CCC(C(=O)O)N(C)C(=O)CCCCCCCC)CC(=O)O)C(=O)O. The van der Waals surface area contributed by atoms with Crippen LogP contribution in [0.4, 0.5) is 0 Å². The number of carbonyl (C=O) groups excluding carboxylic acids is 4. The standard InChI is InChI=1S/C36H62N4O12/c1-5-7-9-11-13-15-17-29(41)37(3)27(35(49)50)19-21-31(43)39(25-33(45)46)23-24-40(26-34(47)48)32(44)22-20-28(36(51)52)38(4)30(42)18-16-14-12-10-8-6-2/h27-28H,5-26H2,1-4H3,(H,45,46)(H,47,48)(H,49,50)(H,51,52). The number of hydrogen-bond acceptors (Lipinski definition) is 8. The highest BCUT2D eigenvalue weighted by Crippen LogP contribution is 2.15. The summed E-state index contributed by atoms with van der Waals surface area (Å²) in [6, 6.07) is -2.68. The van der Waals surface area contributed by atoms with Crippen molar-refractivity contribution in [1.29, 1.82) is 0 Å². The van der Waals surface area contributed by atoms with Crippen LogP contribution < -0.4 is 0 Å². The van der Waals surface area contributed by atoms with E-state index in [2.05, 4.69) is 13.8 Å². The van der Waals surface area contributed by atoms with Gasteiger partial charge >= 0.3 is 23.9 Å². The molecule has 0 aliphatic carbocycles. The molecule has 0 rings (SSSR count). The smallest absolute Gasteiger partial charge is 0.326 e. The van der Waals surface area contributed by atoms with Gasteiger partial charge in [0.15, 0.2) is 0 Å². The molecule has 0 saturated heterocycles. The number of unbranched alkanes of at least 4 members (excludes halogenated alkanes) is 10. The molecular weight excluding hydrogens is 680 g/mol. The summed E-state index contributed by atoms with van der Waals surface area (Å²) in [6.45, 7) is 1.74. The molecule has 0 aromatic carbocycles. The number of carboxylic acids is 4. The summed E-state index contributed by atoms with van der Waals surface area (Å²) in [5, 5.41) is 38.4. The average molecular weight is 743 g/mol. The summed E-state index contributed by atoms with van der Waals surface area (Å²) < 4.78 is 0. The van der Waals surface area contributed by atoms with Crippen LogP contribution in [0, 0.1) is 0 Å². The van der Waals surface area contributed by atoms with E-state index in [-0.39, 0.29) is 37.5 Å². The van der Waals surface area contributed by atoms with Crippen molar-refractivity contribution in [2.75, 3.05) is 40.3 Å². The third kappa shape index (κ3) is 20.6. The Bertz CT molecular complexity index is 1080. The van der Waals surface area contributed by atoms with Gasteiger partial charge in [0.1, 0.15) is 25.2 Å². The molecule has 4 amide bonds. The van der Waals surface area contributed by atoms with Crippen LogP contribution in [-0.2, 0) is 38.4 Å². The number of amides is 4. The van der Waals surface area contributed by atoms with E-state index in [0.29, 0.717) is 12.8 Å². The van der Waals surface area contributed by atoms with Crippen LogP contribution in [0.1, 0.15) is 129 Å². The lowest BCUT2D eigenvalue weighted by Gasteiger charge is -2.29. The van der Waals surface area contributed by atoms with E-state index in [0.717, 1.165) is 83.8 Å². The second-order valence-corrected chi connectivity index (χ2v) is 13.2. The molecule has 0 saturated carbocycles. The number of hydrogen-bond donors (Lipinski definition) is 4. The Hall–Kier alpha value is -4.24. The highest BCUT2D eigenvalue weighted by Gasteiger charge is 2.30. The Labute approximate surface area is 307 Å². The van der Waals surface area contributed by atoms with Crippen LogP contribution in [0.3, 0.4) is 0 Å². The fourth-order valence-electron chi connectivity index (χ4n) is 5.77. The van der Waals surface area contributed by atoms with E-state index in [1.54, 1.807) is 0 Å². The zero-order chi connectivity index (χ0) is 39.6. The Morgan fingerprint density at radius 3 is 1.04 bits per heavy atom. The van der Waals surface area contributed by atoms with Gasteiger partial charge in [-0.1, -0.05) is 78.1 Å². The Balaban J connectivity index is 5.41. The third-order valence-corrected chi connectivity index (χ3v) is 9.04. The maximum absolute atomic E-state index is 13.1. The first-order valence-corrected chi connectivity index (χ1v) is 18.5. The molecule has 0 aromatic rings.